The van der Waals surface area contributed by atoms with Crippen LogP contribution < -0.4 is 11.3 Å². The molecule has 0 aliphatic carbocycles. The van der Waals surface area contributed by atoms with Crippen molar-refractivity contribution in [2.75, 3.05) is 5.73 Å². The molecule has 1 aromatic carbocycles. The van der Waals surface area contributed by atoms with E-state index in [0.717, 1.165) is 17.7 Å². The molecule has 0 atom stereocenters. The lowest BCUT2D eigenvalue weighted by atomic mass is 10.1. The number of H-pyrrole nitrogens is 1. The van der Waals surface area contributed by atoms with E-state index in [9.17, 15) is 4.79 Å². The summed E-state index contributed by atoms with van der Waals surface area (Å²) in [6.07, 6.45) is 0.794. The number of nitrogens with one attached hydrogen (secondary N) is 1. The Labute approximate surface area is 113 Å². The van der Waals surface area contributed by atoms with Gasteiger partial charge in [0.25, 0.3) is 5.56 Å². The van der Waals surface area contributed by atoms with Crippen LogP contribution in [-0.2, 0) is 13.0 Å². The zero-order valence-electron chi connectivity index (χ0n) is 11.7. The molecule has 102 valence electrons. The summed E-state index contributed by atoms with van der Waals surface area (Å²) in [5.41, 5.74) is 9.22. The molecule has 19 heavy (non-hydrogen) atoms. The number of aryl methyl sites for hydroxylation is 1. The number of nitrogens with zero attached hydrogens (tertiary/aromatic N) is 1. The van der Waals surface area contributed by atoms with Crippen LogP contribution >= 0.6 is 0 Å². The number of aromatic nitrogens is 2. The van der Waals surface area contributed by atoms with Gasteiger partial charge in [-0.15, -0.1) is 0 Å². The van der Waals surface area contributed by atoms with Gasteiger partial charge < -0.3 is 5.73 Å². The van der Waals surface area contributed by atoms with E-state index in [4.69, 9.17) is 5.73 Å². The largest absolute Gasteiger partial charge is 0.393 e. The van der Waals surface area contributed by atoms with E-state index < -0.39 is 0 Å². The highest BCUT2D eigenvalue weighted by molar-refractivity contribution is 5.41. The van der Waals surface area contributed by atoms with Crippen molar-refractivity contribution >= 4 is 5.69 Å². The van der Waals surface area contributed by atoms with Gasteiger partial charge in [0, 0.05) is 0 Å². The Balaban J connectivity index is 2.26. The van der Waals surface area contributed by atoms with Crippen molar-refractivity contribution in [3.8, 4) is 0 Å². The molecule has 4 heteroatoms. The van der Waals surface area contributed by atoms with E-state index in [-0.39, 0.29) is 5.56 Å². The number of hydrogen-bond donors (Lipinski definition) is 2. The summed E-state index contributed by atoms with van der Waals surface area (Å²) in [6, 6.07) is 8.14. The van der Waals surface area contributed by atoms with Gasteiger partial charge in [0.15, 0.2) is 0 Å². The predicted molar refractivity (Wildman–Crippen MR) is 78.3 cm³/mol. The molecule has 0 saturated carbocycles. The van der Waals surface area contributed by atoms with Gasteiger partial charge in [-0.2, -0.15) is 0 Å². The molecule has 3 N–H and O–H groups in total. The van der Waals surface area contributed by atoms with Crippen molar-refractivity contribution in [1.82, 2.24) is 9.78 Å². The average Bonchev–Trinajstić information content (AvgIpc) is 2.60. The zero-order valence-corrected chi connectivity index (χ0v) is 11.7. The number of hydrogen-bond acceptors (Lipinski definition) is 2. The Morgan fingerprint density at radius 2 is 1.89 bits per heavy atom. The van der Waals surface area contributed by atoms with Gasteiger partial charge in [0.05, 0.1) is 12.2 Å². The lowest BCUT2D eigenvalue weighted by Gasteiger charge is -2.04. The minimum Gasteiger partial charge on any atom is -0.393 e. The molecule has 0 saturated heterocycles. The molecule has 0 fully saturated rings. The third-order valence-electron chi connectivity index (χ3n) is 3.14. The van der Waals surface area contributed by atoms with E-state index in [1.54, 1.807) is 4.68 Å². The third kappa shape index (κ3) is 3.08. The monoisotopic (exact) mass is 259 g/mol. The van der Waals surface area contributed by atoms with Crippen LogP contribution in [0.2, 0.25) is 0 Å². The fourth-order valence-electron chi connectivity index (χ4n) is 2.10. The summed E-state index contributed by atoms with van der Waals surface area (Å²) in [7, 11) is 0. The van der Waals surface area contributed by atoms with Gasteiger partial charge in [-0.3, -0.25) is 9.89 Å². The second-order valence-corrected chi connectivity index (χ2v) is 5.48. The maximum atomic E-state index is 12.0. The second kappa shape index (κ2) is 5.34. The number of benzene rings is 1. The molecule has 4 nitrogen and oxygen atoms in total. The van der Waals surface area contributed by atoms with Gasteiger partial charge >= 0.3 is 0 Å². The summed E-state index contributed by atoms with van der Waals surface area (Å²) in [5, 5.41) is 3.12. The van der Waals surface area contributed by atoms with E-state index in [0.29, 0.717) is 18.2 Å². The molecule has 1 aromatic heterocycles. The van der Waals surface area contributed by atoms with Crippen LogP contribution in [0.1, 0.15) is 30.7 Å². The minimum absolute atomic E-state index is 0.128. The summed E-state index contributed by atoms with van der Waals surface area (Å²) < 4.78 is 1.58. The SMILES string of the molecule is Cc1ccc(Cn2[nH]c(CC(C)C)c(N)c2=O)cc1. The molecule has 0 aliphatic rings. The molecule has 0 unspecified atom stereocenters. The first-order valence-electron chi connectivity index (χ1n) is 6.60. The number of rotatable bonds is 4. The van der Waals surface area contributed by atoms with Crippen LogP contribution in [0.3, 0.4) is 0 Å². The smallest absolute Gasteiger partial charge is 0.290 e. The standard InChI is InChI=1S/C15H21N3O/c1-10(2)8-13-14(16)15(19)18(17-13)9-12-6-4-11(3)5-7-12/h4-7,10,17H,8-9,16H2,1-3H3. The zero-order chi connectivity index (χ0) is 14.0. The van der Waals surface area contributed by atoms with E-state index in [2.05, 4.69) is 18.9 Å². The Kier molecular flexibility index (Phi) is 3.79. The fourth-order valence-corrected chi connectivity index (χ4v) is 2.10. The Morgan fingerprint density at radius 1 is 1.26 bits per heavy atom. The summed E-state index contributed by atoms with van der Waals surface area (Å²) in [4.78, 5) is 12.0. The van der Waals surface area contributed by atoms with Crippen molar-refractivity contribution < 1.29 is 0 Å². The highest BCUT2D eigenvalue weighted by Crippen LogP contribution is 2.11. The molecule has 2 rings (SSSR count). The van der Waals surface area contributed by atoms with Crippen molar-refractivity contribution in [2.24, 2.45) is 5.92 Å². The number of nitrogens with two attached hydrogens (primary N) is 1. The van der Waals surface area contributed by atoms with Gasteiger partial charge in [0.2, 0.25) is 0 Å². The molecule has 0 amide bonds. The molecule has 2 aromatic rings. The van der Waals surface area contributed by atoms with Gasteiger partial charge in [-0.1, -0.05) is 43.7 Å². The van der Waals surface area contributed by atoms with E-state index in [1.807, 2.05) is 31.2 Å². The summed E-state index contributed by atoms with van der Waals surface area (Å²) in [5.74, 6) is 0.466. The molecular formula is C15H21N3O. The topological polar surface area (TPSA) is 63.8 Å². The molecule has 0 aliphatic heterocycles. The van der Waals surface area contributed by atoms with Crippen LogP contribution in [-0.4, -0.2) is 9.78 Å². The molecule has 0 spiro atoms. The number of nitrogen functional groups attached to an aromatic ring is 1. The number of aromatic amines is 1. The van der Waals surface area contributed by atoms with Crippen LogP contribution in [0, 0.1) is 12.8 Å². The molecular weight excluding hydrogens is 238 g/mol. The first-order chi connectivity index (χ1) is 8.97. The summed E-state index contributed by atoms with van der Waals surface area (Å²) in [6.45, 7) is 6.79. The van der Waals surface area contributed by atoms with Crippen LogP contribution in [0.25, 0.3) is 0 Å². The quantitative estimate of drug-likeness (QED) is 0.885. The molecule has 1 heterocycles. The van der Waals surface area contributed by atoms with Crippen molar-refractivity contribution in [2.45, 2.75) is 33.7 Å². The fraction of sp³-hybridized carbons (Fsp3) is 0.400. The summed E-state index contributed by atoms with van der Waals surface area (Å²) >= 11 is 0. The molecule has 0 radical (unpaired) electrons. The van der Waals surface area contributed by atoms with Crippen LogP contribution in [0.5, 0.6) is 0 Å². The van der Waals surface area contributed by atoms with Crippen molar-refractivity contribution in [1.29, 1.82) is 0 Å². The normalized spacial score (nSPS) is 11.2. The van der Waals surface area contributed by atoms with Gasteiger partial charge in [0.1, 0.15) is 5.69 Å². The Hall–Kier alpha value is -1.97. The Bertz CT molecular complexity index is 605. The van der Waals surface area contributed by atoms with Crippen molar-refractivity contribution in [3.05, 3.63) is 51.4 Å². The van der Waals surface area contributed by atoms with Crippen LogP contribution in [0.15, 0.2) is 29.1 Å². The second-order valence-electron chi connectivity index (χ2n) is 5.48. The lowest BCUT2D eigenvalue weighted by molar-refractivity contribution is 0.603. The third-order valence-corrected chi connectivity index (χ3v) is 3.14. The highest BCUT2D eigenvalue weighted by Gasteiger charge is 2.12. The maximum Gasteiger partial charge on any atom is 0.290 e. The number of anilines is 1. The molecule has 0 bridgehead atoms. The average molecular weight is 259 g/mol. The lowest BCUT2D eigenvalue weighted by Crippen LogP contribution is -2.19. The Morgan fingerprint density at radius 3 is 2.47 bits per heavy atom. The van der Waals surface area contributed by atoms with Crippen molar-refractivity contribution in [3.63, 3.8) is 0 Å². The first-order valence-corrected chi connectivity index (χ1v) is 6.60. The minimum atomic E-state index is -0.128. The van der Waals surface area contributed by atoms with Gasteiger partial charge in [-0.25, -0.2) is 4.68 Å². The van der Waals surface area contributed by atoms with Crippen LogP contribution in [0.4, 0.5) is 5.69 Å². The highest BCUT2D eigenvalue weighted by atomic mass is 16.1. The first kappa shape index (κ1) is 13.5. The predicted octanol–water partition coefficient (Wildman–Crippen LogP) is 2.31. The van der Waals surface area contributed by atoms with E-state index >= 15 is 0 Å². The van der Waals surface area contributed by atoms with Gasteiger partial charge in [-0.05, 0) is 24.8 Å². The maximum absolute atomic E-state index is 12.0. The van der Waals surface area contributed by atoms with E-state index in [1.165, 1.54) is 5.56 Å².